The SMILES string of the molecule is O=C(c1ccccc1)[C@@H]1CCCN(C(=O)c2cc(-c3ccncc3)n[nH]2)C1. The summed E-state index contributed by atoms with van der Waals surface area (Å²) in [5.41, 5.74) is 2.75. The summed E-state index contributed by atoms with van der Waals surface area (Å²) < 4.78 is 0. The second-order valence-corrected chi connectivity index (χ2v) is 6.72. The number of benzene rings is 1. The number of amides is 1. The number of ketones is 1. The molecule has 1 saturated heterocycles. The molecule has 0 aliphatic carbocycles. The van der Waals surface area contributed by atoms with Crippen molar-refractivity contribution in [1.82, 2.24) is 20.1 Å². The smallest absolute Gasteiger partial charge is 0.271 e. The number of hydrogen-bond acceptors (Lipinski definition) is 4. The number of aromatic amines is 1. The third-order valence-corrected chi connectivity index (χ3v) is 4.92. The molecule has 2 aromatic heterocycles. The Kier molecular flexibility index (Phi) is 4.78. The molecule has 0 unspecified atom stereocenters. The number of nitrogens with one attached hydrogen (secondary N) is 1. The van der Waals surface area contributed by atoms with Gasteiger partial charge in [-0.05, 0) is 31.0 Å². The number of carbonyl (C=O) groups excluding carboxylic acids is 2. The van der Waals surface area contributed by atoms with Gasteiger partial charge >= 0.3 is 0 Å². The fourth-order valence-corrected chi connectivity index (χ4v) is 3.49. The lowest BCUT2D eigenvalue weighted by atomic mass is 9.90. The second kappa shape index (κ2) is 7.53. The predicted molar refractivity (Wildman–Crippen MR) is 101 cm³/mol. The van der Waals surface area contributed by atoms with E-state index in [0.29, 0.717) is 30.0 Å². The van der Waals surface area contributed by atoms with E-state index in [1.54, 1.807) is 23.4 Å². The van der Waals surface area contributed by atoms with Crippen LogP contribution >= 0.6 is 0 Å². The van der Waals surface area contributed by atoms with Crippen LogP contribution in [0.4, 0.5) is 0 Å². The molecule has 1 aliphatic rings. The molecule has 1 N–H and O–H groups in total. The van der Waals surface area contributed by atoms with Crippen molar-refractivity contribution in [2.75, 3.05) is 13.1 Å². The van der Waals surface area contributed by atoms with Crippen LogP contribution in [0.25, 0.3) is 11.3 Å². The van der Waals surface area contributed by atoms with Gasteiger partial charge in [0.1, 0.15) is 5.69 Å². The molecule has 27 heavy (non-hydrogen) atoms. The van der Waals surface area contributed by atoms with Crippen LogP contribution in [0.5, 0.6) is 0 Å². The summed E-state index contributed by atoms with van der Waals surface area (Å²) in [7, 11) is 0. The standard InChI is InChI=1S/C21H20N4O2/c26-20(16-5-2-1-3-6-16)17-7-4-12-25(14-17)21(27)19-13-18(23-24-19)15-8-10-22-11-9-15/h1-3,5-6,8-11,13,17H,4,7,12,14H2,(H,23,24)/t17-/m1/s1. The van der Waals surface area contributed by atoms with E-state index in [0.717, 1.165) is 18.4 Å². The summed E-state index contributed by atoms with van der Waals surface area (Å²) in [6, 6.07) is 14.7. The minimum absolute atomic E-state index is 0.107. The number of hydrogen-bond donors (Lipinski definition) is 1. The molecule has 4 rings (SSSR count). The molecular formula is C21H20N4O2. The summed E-state index contributed by atoms with van der Waals surface area (Å²) in [5.74, 6) is -0.170. The number of rotatable bonds is 4. The van der Waals surface area contributed by atoms with Crippen molar-refractivity contribution in [3.63, 3.8) is 0 Å². The number of piperidine rings is 1. The number of likely N-dealkylation sites (tertiary alicyclic amines) is 1. The molecule has 1 aliphatic heterocycles. The van der Waals surface area contributed by atoms with E-state index >= 15 is 0 Å². The molecule has 1 fully saturated rings. The number of aromatic nitrogens is 3. The van der Waals surface area contributed by atoms with Gasteiger partial charge in [0.05, 0.1) is 5.69 Å². The van der Waals surface area contributed by atoms with E-state index < -0.39 is 0 Å². The van der Waals surface area contributed by atoms with E-state index in [-0.39, 0.29) is 17.6 Å². The van der Waals surface area contributed by atoms with Crippen molar-refractivity contribution >= 4 is 11.7 Å². The number of nitrogens with zero attached hydrogens (tertiary/aromatic N) is 3. The lowest BCUT2D eigenvalue weighted by molar-refractivity contribution is 0.0632. The van der Waals surface area contributed by atoms with E-state index in [4.69, 9.17) is 0 Å². The number of Topliss-reactive ketones (excluding diaryl/α,β-unsaturated/α-hetero) is 1. The largest absolute Gasteiger partial charge is 0.337 e. The molecule has 6 nitrogen and oxygen atoms in total. The maximum absolute atomic E-state index is 12.9. The van der Waals surface area contributed by atoms with Gasteiger partial charge in [0.25, 0.3) is 5.91 Å². The number of carbonyl (C=O) groups is 2. The topological polar surface area (TPSA) is 79.0 Å². The maximum atomic E-state index is 12.9. The predicted octanol–water partition coefficient (Wildman–Crippen LogP) is 3.21. The van der Waals surface area contributed by atoms with E-state index in [2.05, 4.69) is 15.2 Å². The maximum Gasteiger partial charge on any atom is 0.271 e. The van der Waals surface area contributed by atoms with Gasteiger partial charge in [-0.1, -0.05) is 30.3 Å². The normalized spacial score (nSPS) is 16.9. The van der Waals surface area contributed by atoms with Gasteiger partial charge in [0.2, 0.25) is 0 Å². The van der Waals surface area contributed by atoms with Gasteiger partial charge in [0.15, 0.2) is 5.78 Å². The van der Waals surface area contributed by atoms with E-state index in [1.807, 2.05) is 42.5 Å². The zero-order chi connectivity index (χ0) is 18.6. The van der Waals surface area contributed by atoms with Crippen molar-refractivity contribution in [3.05, 3.63) is 72.2 Å². The first kappa shape index (κ1) is 17.1. The van der Waals surface area contributed by atoms with Crippen LogP contribution in [0.2, 0.25) is 0 Å². The van der Waals surface area contributed by atoms with Crippen LogP contribution in [0, 0.1) is 5.92 Å². The van der Waals surface area contributed by atoms with Crippen LogP contribution in [0.15, 0.2) is 60.9 Å². The van der Waals surface area contributed by atoms with Gasteiger partial charge in [-0.2, -0.15) is 5.10 Å². The summed E-state index contributed by atoms with van der Waals surface area (Å²) in [6.45, 7) is 1.09. The Balaban J connectivity index is 1.48. The first-order chi connectivity index (χ1) is 13.2. The molecule has 3 aromatic rings. The quantitative estimate of drug-likeness (QED) is 0.725. The zero-order valence-electron chi connectivity index (χ0n) is 14.8. The molecule has 1 amide bonds. The second-order valence-electron chi connectivity index (χ2n) is 6.72. The Hall–Kier alpha value is -3.28. The Morgan fingerprint density at radius 1 is 1.07 bits per heavy atom. The fraction of sp³-hybridized carbons (Fsp3) is 0.238. The lowest BCUT2D eigenvalue weighted by Gasteiger charge is -2.31. The highest BCUT2D eigenvalue weighted by Gasteiger charge is 2.30. The van der Waals surface area contributed by atoms with Gasteiger partial charge in [0, 0.05) is 42.5 Å². The Labute approximate surface area is 157 Å². The first-order valence-corrected chi connectivity index (χ1v) is 9.07. The zero-order valence-corrected chi connectivity index (χ0v) is 14.8. The summed E-state index contributed by atoms with van der Waals surface area (Å²) in [4.78, 5) is 31.3. The number of H-pyrrole nitrogens is 1. The summed E-state index contributed by atoms with van der Waals surface area (Å²) in [5, 5.41) is 7.07. The van der Waals surface area contributed by atoms with Crippen molar-refractivity contribution in [2.45, 2.75) is 12.8 Å². The highest BCUT2D eigenvalue weighted by Crippen LogP contribution is 2.23. The van der Waals surface area contributed by atoms with Crippen molar-refractivity contribution < 1.29 is 9.59 Å². The van der Waals surface area contributed by atoms with E-state index in [1.165, 1.54) is 0 Å². The monoisotopic (exact) mass is 360 g/mol. The minimum atomic E-state index is -0.160. The van der Waals surface area contributed by atoms with Crippen LogP contribution in [0.1, 0.15) is 33.7 Å². The fourth-order valence-electron chi connectivity index (χ4n) is 3.49. The third-order valence-electron chi connectivity index (χ3n) is 4.92. The van der Waals surface area contributed by atoms with Gasteiger partial charge in [-0.3, -0.25) is 19.7 Å². The van der Waals surface area contributed by atoms with Gasteiger partial charge in [-0.25, -0.2) is 0 Å². The Bertz CT molecular complexity index is 937. The Morgan fingerprint density at radius 2 is 1.85 bits per heavy atom. The Morgan fingerprint density at radius 3 is 2.63 bits per heavy atom. The highest BCUT2D eigenvalue weighted by molar-refractivity contribution is 5.99. The van der Waals surface area contributed by atoms with Crippen LogP contribution in [0.3, 0.4) is 0 Å². The van der Waals surface area contributed by atoms with Gasteiger partial charge in [-0.15, -0.1) is 0 Å². The number of pyridine rings is 1. The molecule has 0 spiro atoms. The molecule has 6 heteroatoms. The molecule has 0 saturated carbocycles. The van der Waals surface area contributed by atoms with Crippen molar-refractivity contribution in [3.8, 4) is 11.3 Å². The highest BCUT2D eigenvalue weighted by atomic mass is 16.2. The molecule has 136 valence electrons. The molecule has 1 atom stereocenters. The van der Waals surface area contributed by atoms with Crippen molar-refractivity contribution in [1.29, 1.82) is 0 Å². The third kappa shape index (κ3) is 3.65. The minimum Gasteiger partial charge on any atom is -0.337 e. The van der Waals surface area contributed by atoms with E-state index in [9.17, 15) is 9.59 Å². The summed E-state index contributed by atoms with van der Waals surface area (Å²) in [6.07, 6.45) is 5.01. The van der Waals surface area contributed by atoms with Gasteiger partial charge < -0.3 is 4.90 Å². The summed E-state index contributed by atoms with van der Waals surface area (Å²) >= 11 is 0. The molecular weight excluding hydrogens is 340 g/mol. The average molecular weight is 360 g/mol. The van der Waals surface area contributed by atoms with Crippen LogP contribution in [-0.4, -0.2) is 44.9 Å². The first-order valence-electron chi connectivity index (χ1n) is 9.07. The molecule has 1 aromatic carbocycles. The molecule has 0 radical (unpaired) electrons. The van der Waals surface area contributed by atoms with Crippen molar-refractivity contribution in [2.24, 2.45) is 5.92 Å². The lowest BCUT2D eigenvalue weighted by Crippen LogP contribution is -2.42. The average Bonchev–Trinajstić information content (AvgIpc) is 3.24. The molecule has 0 bridgehead atoms. The van der Waals surface area contributed by atoms with Crippen LogP contribution < -0.4 is 0 Å². The van der Waals surface area contributed by atoms with Crippen LogP contribution in [-0.2, 0) is 0 Å². The molecule has 3 heterocycles.